The third-order valence-electron chi connectivity index (χ3n) is 5.77. The van der Waals surface area contributed by atoms with E-state index in [1.165, 1.54) is 16.8 Å². The fraction of sp³-hybridized carbons (Fsp3) is 0.407. The lowest BCUT2D eigenvalue weighted by Gasteiger charge is -2.37. The van der Waals surface area contributed by atoms with Gasteiger partial charge in [0, 0.05) is 31.6 Å². The molecule has 3 rings (SSSR count). The van der Waals surface area contributed by atoms with E-state index in [0.29, 0.717) is 12.4 Å². The second-order valence-corrected chi connectivity index (χ2v) is 8.09. The highest BCUT2D eigenvalue weighted by Gasteiger charge is 2.33. The number of anilines is 1. The van der Waals surface area contributed by atoms with E-state index in [0.717, 1.165) is 51.1 Å². The standard InChI is InChI=1S/C27H36N2O2/c1-4-10-22(11-5-2)21-29-26-15-14-24(30)19-23(26)20-27(29)28(16-6-3)17-18-31-25-12-8-7-9-13-25/h4-5,7-8,10-12,14-15,19,27,30H,1,6,9,13,16-18,20-21H2,2-3H3/b11-5-,22-10+. The number of benzene rings is 1. The van der Waals surface area contributed by atoms with Crippen LogP contribution in [-0.2, 0) is 11.2 Å². The van der Waals surface area contributed by atoms with E-state index >= 15 is 0 Å². The normalized spacial score (nSPS) is 18.5. The molecule has 1 atom stereocenters. The first-order valence-corrected chi connectivity index (χ1v) is 11.4. The molecule has 0 saturated heterocycles. The lowest BCUT2D eigenvalue weighted by Crippen LogP contribution is -2.49. The number of nitrogens with zero attached hydrogens (tertiary/aromatic N) is 2. The van der Waals surface area contributed by atoms with Crippen LogP contribution in [0.3, 0.4) is 0 Å². The van der Waals surface area contributed by atoms with Crippen molar-refractivity contribution in [3.8, 4) is 5.75 Å². The molecular formula is C27H36N2O2. The first-order chi connectivity index (χ1) is 15.2. The molecule has 4 nitrogen and oxygen atoms in total. The van der Waals surface area contributed by atoms with Crippen molar-refractivity contribution >= 4 is 5.69 Å². The molecule has 0 fully saturated rings. The fourth-order valence-corrected chi connectivity index (χ4v) is 4.41. The Morgan fingerprint density at radius 1 is 1.35 bits per heavy atom. The van der Waals surface area contributed by atoms with Gasteiger partial charge in [0.2, 0.25) is 0 Å². The number of ether oxygens (including phenoxy) is 1. The summed E-state index contributed by atoms with van der Waals surface area (Å²) in [4.78, 5) is 4.99. The van der Waals surface area contributed by atoms with Crippen LogP contribution in [0.4, 0.5) is 5.69 Å². The molecule has 0 spiro atoms. The van der Waals surface area contributed by atoms with Crippen LogP contribution in [0.15, 0.2) is 78.6 Å². The average Bonchev–Trinajstić information content (AvgIpc) is 3.11. The van der Waals surface area contributed by atoms with E-state index in [-0.39, 0.29) is 6.17 Å². The highest BCUT2D eigenvalue weighted by molar-refractivity contribution is 5.62. The van der Waals surface area contributed by atoms with Gasteiger partial charge in [0.05, 0.1) is 11.9 Å². The van der Waals surface area contributed by atoms with Gasteiger partial charge in [-0.2, -0.15) is 0 Å². The summed E-state index contributed by atoms with van der Waals surface area (Å²) in [5.74, 6) is 1.41. The molecule has 1 heterocycles. The Balaban J connectivity index is 1.79. The number of hydrogen-bond donors (Lipinski definition) is 1. The van der Waals surface area contributed by atoms with E-state index in [4.69, 9.17) is 4.74 Å². The van der Waals surface area contributed by atoms with Crippen LogP contribution < -0.4 is 4.90 Å². The highest BCUT2D eigenvalue weighted by Crippen LogP contribution is 2.36. The summed E-state index contributed by atoms with van der Waals surface area (Å²) < 4.78 is 6.08. The first kappa shape index (κ1) is 23.0. The molecule has 1 unspecified atom stereocenters. The Morgan fingerprint density at radius 2 is 2.23 bits per heavy atom. The van der Waals surface area contributed by atoms with E-state index < -0.39 is 0 Å². The number of phenols is 1. The summed E-state index contributed by atoms with van der Waals surface area (Å²) in [7, 11) is 0. The molecule has 1 aliphatic carbocycles. The summed E-state index contributed by atoms with van der Waals surface area (Å²) in [5, 5.41) is 10.0. The molecule has 0 amide bonds. The van der Waals surface area contributed by atoms with E-state index in [2.05, 4.69) is 59.8 Å². The maximum Gasteiger partial charge on any atom is 0.116 e. The zero-order chi connectivity index (χ0) is 22.1. The van der Waals surface area contributed by atoms with Gasteiger partial charge in [-0.25, -0.2) is 0 Å². The number of phenolic OH excluding ortho intramolecular Hbond substituents is 1. The maximum atomic E-state index is 10.0. The van der Waals surface area contributed by atoms with Gasteiger partial charge in [0.1, 0.15) is 12.4 Å². The van der Waals surface area contributed by atoms with Crippen LogP contribution in [0.1, 0.15) is 38.7 Å². The van der Waals surface area contributed by atoms with Crippen molar-refractivity contribution in [2.24, 2.45) is 0 Å². The number of hydrogen-bond acceptors (Lipinski definition) is 4. The molecule has 4 heteroatoms. The number of allylic oxidation sites excluding steroid dienone is 7. The van der Waals surface area contributed by atoms with Crippen molar-refractivity contribution in [2.45, 2.75) is 45.7 Å². The lowest BCUT2D eigenvalue weighted by atomic mass is 10.1. The van der Waals surface area contributed by atoms with Gasteiger partial charge in [-0.3, -0.25) is 4.90 Å². The molecule has 0 aromatic heterocycles. The molecule has 31 heavy (non-hydrogen) atoms. The van der Waals surface area contributed by atoms with Crippen molar-refractivity contribution < 1.29 is 9.84 Å². The fourth-order valence-electron chi connectivity index (χ4n) is 4.41. The molecule has 166 valence electrons. The van der Waals surface area contributed by atoms with E-state index in [1.807, 2.05) is 25.1 Å². The third-order valence-corrected chi connectivity index (χ3v) is 5.77. The van der Waals surface area contributed by atoms with Crippen molar-refractivity contribution in [3.05, 3.63) is 84.2 Å². The minimum atomic E-state index is 0.235. The van der Waals surface area contributed by atoms with Crippen LogP contribution in [0.2, 0.25) is 0 Å². The van der Waals surface area contributed by atoms with Crippen molar-refractivity contribution in [3.63, 3.8) is 0 Å². The first-order valence-electron chi connectivity index (χ1n) is 11.4. The zero-order valence-corrected chi connectivity index (χ0v) is 19.0. The van der Waals surface area contributed by atoms with Crippen LogP contribution >= 0.6 is 0 Å². The van der Waals surface area contributed by atoms with E-state index in [9.17, 15) is 5.11 Å². The predicted molar refractivity (Wildman–Crippen MR) is 130 cm³/mol. The van der Waals surface area contributed by atoms with Crippen LogP contribution in [0.25, 0.3) is 0 Å². The molecule has 1 aromatic rings. The summed E-state index contributed by atoms with van der Waals surface area (Å²) in [5.41, 5.74) is 3.62. The number of fused-ring (bicyclic) bond motifs is 1. The maximum absolute atomic E-state index is 10.0. The summed E-state index contributed by atoms with van der Waals surface area (Å²) >= 11 is 0. The summed E-state index contributed by atoms with van der Waals surface area (Å²) in [6, 6.07) is 5.75. The van der Waals surface area contributed by atoms with Gasteiger partial charge < -0.3 is 14.7 Å². The molecule has 2 aliphatic rings. The second-order valence-electron chi connectivity index (χ2n) is 8.09. The average molecular weight is 421 g/mol. The minimum Gasteiger partial charge on any atom is -0.508 e. The van der Waals surface area contributed by atoms with Gasteiger partial charge in [-0.1, -0.05) is 50.0 Å². The zero-order valence-electron chi connectivity index (χ0n) is 19.0. The summed E-state index contributed by atoms with van der Waals surface area (Å²) in [6.07, 6.45) is 18.7. The largest absolute Gasteiger partial charge is 0.508 e. The number of rotatable bonds is 11. The molecule has 0 radical (unpaired) electrons. The van der Waals surface area contributed by atoms with Gasteiger partial charge >= 0.3 is 0 Å². The third kappa shape index (κ3) is 6.14. The van der Waals surface area contributed by atoms with Gasteiger partial charge in [-0.05, 0) is 61.7 Å². The lowest BCUT2D eigenvalue weighted by molar-refractivity contribution is 0.123. The summed E-state index contributed by atoms with van der Waals surface area (Å²) in [6.45, 7) is 11.5. The van der Waals surface area contributed by atoms with Crippen LogP contribution in [-0.4, -0.2) is 42.4 Å². The van der Waals surface area contributed by atoms with Gasteiger partial charge in [-0.15, -0.1) is 0 Å². The topological polar surface area (TPSA) is 35.9 Å². The van der Waals surface area contributed by atoms with E-state index in [1.54, 1.807) is 6.07 Å². The Bertz CT molecular complexity index is 866. The monoisotopic (exact) mass is 420 g/mol. The Morgan fingerprint density at radius 3 is 2.94 bits per heavy atom. The molecule has 0 bridgehead atoms. The predicted octanol–water partition coefficient (Wildman–Crippen LogP) is 5.73. The van der Waals surface area contributed by atoms with Crippen molar-refractivity contribution in [2.75, 3.05) is 31.1 Å². The molecule has 1 aromatic carbocycles. The molecule has 0 saturated carbocycles. The van der Waals surface area contributed by atoms with Crippen LogP contribution in [0, 0.1) is 0 Å². The van der Waals surface area contributed by atoms with Gasteiger partial charge in [0.15, 0.2) is 0 Å². The molecule has 1 aliphatic heterocycles. The van der Waals surface area contributed by atoms with Gasteiger partial charge in [0.25, 0.3) is 0 Å². The Kier molecular flexibility index (Phi) is 8.60. The second kappa shape index (κ2) is 11.6. The molecule has 1 N–H and O–H groups in total. The minimum absolute atomic E-state index is 0.235. The smallest absolute Gasteiger partial charge is 0.116 e. The Hall–Kier alpha value is -2.72. The van der Waals surface area contributed by atoms with Crippen LogP contribution in [0.5, 0.6) is 5.75 Å². The highest BCUT2D eigenvalue weighted by atomic mass is 16.5. The van der Waals surface area contributed by atoms with Crippen molar-refractivity contribution in [1.82, 2.24) is 4.90 Å². The molecular weight excluding hydrogens is 384 g/mol. The van der Waals surface area contributed by atoms with Crippen molar-refractivity contribution in [1.29, 1.82) is 0 Å². The SMILES string of the molecule is C=C/C=C(\C=C/C)CN1c2ccc(O)cc2CC1N(CCC)CCOC1=CC=CCC1. The Labute approximate surface area is 187 Å². The quantitative estimate of drug-likeness (QED) is 0.464. The number of aromatic hydroxyl groups is 1.